The van der Waals surface area contributed by atoms with E-state index in [4.69, 9.17) is 4.74 Å². The highest BCUT2D eigenvalue weighted by Crippen LogP contribution is 2.36. The lowest BCUT2D eigenvalue weighted by molar-refractivity contribution is -0.116. The largest absolute Gasteiger partial charge is 0.457 e. The molecule has 0 spiro atoms. The van der Waals surface area contributed by atoms with Gasteiger partial charge in [0.2, 0.25) is 5.91 Å². The second-order valence-electron chi connectivity index (χ2n) is 9.53. The molecule has 186 valence electrons. The van der Waals surface area contributed by atoms with Crippen LogP contribution in [0, 0.1) is 13.8 Å². The summed E-state index contributed by atoms with van der Waals surface area (Å²) in [6.45, 7) is 6.29. The maximum Gasteiger partial charge on any atom is 0.225 e. The van der Waals surface area contributed by atoms with Gasteiger partial charge in [0.25, 0.3) is 0 Å². The molecule has 37 heavy (non-hydrogen) atoms. The monoisotopic (exact) mass is 488 g/mol. The van der Waals surface area contributed by atoms with E-state index in [1.165, 1.54) is 11.1 Å². The summed E-state index contributed by atoms with van der Waals surface area (Å²) < 4.78 is 6.13. The Kier molecular flexibility index (Phi) is 7.09. The molecule has 1 atom stereocenters. The van der Waals surface area contributed by atoms with E-state index in [0.717, 1.165) is 51.2 Å². The van der Waals surface area contributed by atoms with Crippen LogP contribution in [0.15, 0.2) is 97.2 Å². The molecule has 1 amide bonds. The molecule has 5 aromatic rings. The average molecular weight is 489 g/mol. The smallest absolute Gasteiger partial charge is 0.225 e. The minimum atomic E-state index is -0.147. The van der Waals surface area contributed by atoms with Gasteiger partial charge in [-0.3, -0.25) is 4.79 Å². The first kappa shape index (κ1) is 24.4. The molecule has 0 saturated heterocycles. The summed E-state index contributed by atoms with van der Waals surface area (Å²) in [5.41, 5.74) is 7.73. The number of anilines is 1. The Labute approximate surface area is 218 Å². The van der Waals surface area contributed by atoms with Crippen LogP contribution in [-0.4, -0.2) is 10.9 Å². The van der Waals surface area contributed by atoms with E-state index in [1.807, 2.05) is 66.7 Å². The summed E-state index contributed by atoms with van der Waals surface area (Å²) in [5, 5.41) is 4.27. The number of para-hydroxylation sites is 2. The van der Waals surface area contributed by atoms with Crippen LogP contribution in [0.4, 0.5) is 5.69 Å². The lowest BCUT2D eigenvalue weighted by atomic mass is 9.87. The lowest BCUT2D eigenvalue weighted by Gasteiger charge is -2.19. The van der Waals surface area contributed by atoms with Crippen LogP contribution in [0.5, 0.6) is 11.5 Å². The van der Waals surface area contributed by atoms with E-state index in [0.29, 0.717) is 6.42 Å². The molecule has 1 unspecified atom stereocenters. The maximum atomic E-state index is 13.4. The van der Waals surface area contributed by atoms with Crippen molar-refractivity contribution in [2.45, 2.75) is 39.5 Å². The predicted molar refractivity (Wildman–Crippen MR) is 152 cm³/mol. The van der Waals surface area contributed by atoms with Gasteiger partial charge in [-0.05, 0) is 84.5 Å². The number of ether oxygens (including phenoxy) is 1. The van der Waals surface area contributed by atoms with E-state index >= 15 is 0 Å². The molecule has 0 aliphatic rings. The van der Waals surface area contributed by atoms with E-state index in [9.17, 15) is 4.79 Å². The fourth-order valence-corrected chi connectivity index (χ4v) is 4.87. The van der Waals surface area contributed by atoms with Gasteiger partial charge in [-0.2, -0.15) is 0 Å². The molecule has 1 aromatic heterocycles. The van der Waals surface area contributed by atoms with Crippen LogP contribution in [0.1, 0.15) is 47.1 Å². The Balaban J connectivity index is 1.51. The summed E-state index contributed by atoms with van der Waals surface area (Å²) in [4.78, 5) is 16.9. The summed E-state index contributed by atoms with van der Waals surface area (Å²) in [6.07, 6.45) is 3.31. The van der Waals surface area contributed by atoms with Crippen molar-refractivity contribution in [1.82, 2.24) is 4.98 Å². The minimum absolute atomic E-state index is 0.0244. The fourth-order valence-electron chi connectivity index (χ4n) is 4.87. The molecule has 1 heterocycles. The zero-order chi connectivity index (χ0) is 25.8. The van der Waals surface area contributed by atoms with Gasteiger partial charge in [0.05, 0.1) is 0 Å². The highest BCUT2D eigenvalue weighted by atomic mass is 16.5. The number of aromatic amines is 1. The maximum absolute atomic E-state index is 13.4. The molecule has 0 saturated carbocycles. The van der Waals surface area contributed by atoms with Gasteiger partial charge in [0, 0.05) is 35.1 Å². The molecule has 2 N–H and O–H groups in total. The second-order valence-corrected chi connectivity index (χ2v) is 9.53. The Morgan fingerprint density at radius 2 is 1.65 bits per heavy atom. The molecule has 0 bridgehead atoms. The van der Waals surface area contributed by atoms with Crippen molar-refractivity contribution in [1.29, 1.82) is 0 Å². The Morgan fingerprint density at radius 1 is 0.865 bits per heavy atom. The molecule has 0 radical (unpaired) electrons. The van der Waals surface area contributed by atoms with Gasteiger partial charge >= 0.3 is 0 Å². The number of carbonyl (C=O) groups is 1. The van der Waals surface area contributed by atoms with Crippen molar-refractivity contribution in [3.63, 3.8) is 0 Å². The third kappa shape index (κ3) is 5.44. The molecular formula is C33H32N2O2. The Morgan fingerprint density at radius 3 is 2.43 bits per heavy atom. The Hall–Kier alpha value is -4.31. The van der Waals surface area contributed by atoms with Crippen molar-refractivity contribution < 1.29 is 9.53 Å². The summed E-state index contributed by atoms with van der Waals surface area (Å²) in [7, 11) is 0. The zero-order valence-corrected chi connectivity index (χ0v) is 21.5. The third-order valence-electron chi connectivity index (χ3n) is 7.01. The topological polar surface area (TPSA) is 54.1 Å². The quantitative estimate of drug-likeness (QED) is 0.231. The number of aryl methyl sites for hydroxylation is 3. The number of hydrogen-bond donors (Lipinski definition) is 2. The number of fused-ring (bicyclic) bond motifs is 1. The highest BCUT2D eigenvalue weighted by molar-refractivity contribution is 5.93. The first-order chi connectivity index (χ1) is 18.0. The van der Waals surface area contributed by atoms with Gasteiger partial charge in [0.1, 0.15) is 11.5 Å². The van der Waals surface area contributed by atoms with E-state index in [1.54, 1.807) is 0 Å². The van der Waals surface area contributed by atoms with Crippen LogP contribution in [-0.2, 0) is 11.2 Å². The normalized spacial score (nSPS) is 11.9. The van der Waals surface area contributed by atoms with Gasteiger partial charge in [-0.25, -0.2) is 0 Å². The van der Waals surface area contributed by atoms with E-state index in [2.05, 4.69) is 61.5 Å². The predicted octanol–water partition coefficient (Wildman–Crippen LogP) is 8.30. The number of carbonyl (C=O) groups excluding carboxylic acids is 1. The lowest BCUT2D eigenvalue weighted by Crippen LogP contribution is -2.16. The van der Waals surface area contributed by atoms with Crippen LogP contribution in [0.25, 0.3) is 10.9 Å². The van der Waals surface area contributed by atoms with E-state index < -0.39 is 0 Å². The minimum Gasteiger partial charge on any atom is -0.457 e. The number of amides is 1. The fraction of sp³-hybridized carbons (Fsp3) is 0.182. The summed E-state index contributed by atoms with van der Waals surface area (Å²) in [6, 6.07) is 30.2. The number of aromatic nitrogens is 1. The molecular weight excluding hydrogens is 456 g/mol. The van der Waals surface area contributed by atoms with Crippen molar-refractivity contribution in [2.75, 3.05) is 5.32 Å². The number of benzene rings is 4. The molecule has 4 nitrogen and oxygen atoms in total. The third-order valence-corrected chi connectivity index (χ3v) is 7.01. The highest BCUT2D eigenvalue weighted by Gasteiger charge is 2.23. The number of hydrogen-bond acceptors (Lipinski definition) is 2. The van der Waals surface area contributed by atoms with Crippen LogP contribution in [0.2, 0.25) is 0 Å². The number of nitrogens with one attached hydrogen (secondary N) is 2. The number of H-pyrrole nitrogens is 1. The van der Waals surface area contributed by atoms with Crippen LogP contribution >= 0.6 is 0 Å². The molecule has 5 rings (SSSR count). The second kappa shape index (κ2) is 10.8. The van der Waals surface area contributed by atoms with Gasteiger partial charge in [0.15, 0.2) is 0 Å². The van der Waals surface area contributed by atoms with Crippen molar-refractivity contribution in [3.05, 3.63) is 125 Å². The molecule has 0 aliphatic carbocycles. The summed E-state index contributed by atoms with van der Waals surface area (Å²) in [5.74, 6) is 1.36. The SMILES string of the molecule is CCc1cccc2c(C(CC(=O)Nc3ccc(C)c(C)c3)c3cccc(Oc4ccccc4)c3)c[nH]c12. The Bertz CT molecular complexity index is 1540. The van der Waals surface area contributed by atoms with Gasteiger partial charge in [-0.1, -0.05) is 61.5 Å². The van der Waals surface area contributed by atoms with Crippen LogP contribution in [0.3, 0.4) is 0 Å². The van der Waals surface area contributed by atoms with Crippen molar-refractivity contribution in [3.8, 4) is 11.5 Å². The van der Waals surface area contributed by atoms with Gasteiger partial charge < -0.3 is 15.0 Å². The molecule has 0 aliphatic heterocycles. The van der Waals surface area contributed by atoms with Gasteiger partial charge in [-0.15, -0.1) is 0 Å². The van der Waals surface area contributed by atoms with E-state index in [-0.39, 0.29) is 11.8 Å². The average Bonchev–Trinajstić information content (AvgIpc) is 3.34. The summed E-state index contributed by atoms with van der Waals surface area (Å²) >= 11 is 0. The molecule has 0 fully saturated rings. The first-order valence-electron chi connectivity index (χ1n) is 12.8. The number of rotatable bonds is 8. The standard InChI is InChI=1S/C33H32N2O2/c1-4-24-10-9-15-29-31(21-34-33(24)29)30(20-32(36)35-26-17-16-22(2)23(3)18-26)25-11-8-14-28(19-25)37-27-12-6-5-7-13-27/h5-19,21,30,34H,4,20H2,1-3H3,(H,35,36). The van der Waals surface area contributed by atoms with Crippen LogP contribution < -0.4 is 10.1 Å². The zero-order valence-electron chi connectivity index (χ0n) is 21.5. The molecule has 4 aromatic carbocycles. The molecule has 4 heteroatoms. The van der Waals surface area contributed by atoms with Crippen molar-refractivity contribution >= 4 is 22.5 Å². The van der Waals surface area contributed by atoms with Crippen molar-refractivity contribution in [2.24, 2.45) is 0 Å². The first-order valence-corrected chi connectivity index (χ1v) is 12.8.